The number of hydrogen-bond acceptors (Lipinski definition) is 7. The van der Waals surface area contributed by atoms with Crippen LogP contribution in [0.1, 0.15) is 6.92 Å². The van der Waals surface area contributed by atoms with Crippen LogP contribution in [0.5, 0.6) is 0 Å². The first kappa shape index (κ1) is 23.7. The number of amides is 1. The van der Waals surface area contributed by atoms with Gasteiger partial charge in [-0.25, -0.2) is 13.4 Å². The largest absolute Gasteiger partial charge is 0.323 e. The van der Waals surface area contributed by atoms with Gasteiger partial charge in [-0.3, -0.25) is 14.3 Å². The average molecular weight is 488 g/mol. The molecule has 176 valence electrons. The monoisotopic (exact) mass is 487 g/mol. The lowest BCUT2D eigenvalue weighted by atomic mass is 10.1. The molecule has 1 aromatic heterocycles. The summed E-state index contributed by atoms with van der Waals surface area (Å²) in [5.74, 6) is -0.903. The number of pyridine rings is 1. The number of azo groups is 1. The number of carbonyl (C=O) groups excluding carboxylic acids is 2. The number of carbonyl (C=O) groups is 2. The molecule has 0 fully saturated rings. The molecule has 2 N–H and O–H groups in total. The molecule has 1 heterocycles. The molecule has 3 aromatic carbocycles. The Bertz CT molecular complexity index is 1500. The first-order valence-corrected chi connectivity index (χ1v) is 12.1. The highest BCUT2D eigenvalue weighted by Gasteiger charge is 2.24. The van der Waals surface area contributed by atoms with Crippen LogP contribution in [0, 0.1) is 0 Å². The summed E-state index contributed by atoms with van der Waals surface area (Å²) in [5.41, 5.74) is 0.843. The van der Waals surface area contributed by atoms with E-state index in [4.69, 9.17) is 0 Å². The van der Waals surface area contributed by atoms with E-state index in [0.29, 0.717) is 5.69 Å². The van der Waals surface area contributed by atoms with E-state index in [1.165, 1.54) is 43.5 Å². The van der Waals surface area contributed by atoms with Crippen LogP contribution in [0.3, 0.4) is 0 Å². The van der Waals surface area contributed by atoms with Gasteiger partial charge in [-0.2, -0.15) is 10.2 Å². The fourth-order valence-corrected chi connectivity index (χ4v) is 4.30. The molecule has 10 heteroatoms. The molecule has 35 heavy (non-hydrogen) atoms. The minimum absolute atomic E-state index is 0.00100. The van der Waals surface area contributed by atoms with E-state index in [9.17, 15) is 18.0 Å². The zero-order valence-corrected chi connectivity index (χ0v) is 19.4. The van der Waals surface area contributed by atoms with Crippen molar-refractivity contribution in [2.75, 3.05) is 10.0 Å². The third kappa shape index (κ3) is 5.74. The van der Waals surface area contributed by atoms with Gasteiger partial charge in [0.2, 0.25) is 6.04 Å². The van der Waals surface area contributed by atoms with Crippen molar-refractivity contribution in [1.29, 1.82) is 0 Å². The van der Waals surface area contributed by atoms with Crippen molar-refractivity contribution >= 4 is 49.7 Å². The number of rotatable bonds is 8. The summed E-state index contributed by atoms with van der Waals surface area (Å²) in [5, 5.41) is 12.4. The average Bonchev–Trinajstić information content (AvgIpc) is 2.85. The Morgan fingerprint density at radius 1 is 0.886 bits per heavy atom. The molecule has 0 aliphatic rings. The van der Waals surface area contributed by atoms with Crippen molar-refractivity contribution in [1.82, 2.24) is 4.98 Å². The highest BCUT2D eigenvalue weighted by Crippen LogP contribution is 2.24. The summed E-state index contributed by atoms with van der Waals surface area (Å²) in [6.45, 7) is 1.26. The van der Waals surface area contributed by atoms with Crippen molar-refractivity contribution in [2.45, 2.75) is 17.9 Å². The number of ketones is 1. The fourth-order valence-electron chi connectivity index (χ4n) is 3.29. The van der Waals surface area contributed by atoms with Crippen LogP contribution in [0.2, 0.25) is 0 Å². The molecule has 4 aromatic rings. The maximum absolute atomic E-state index is 12.8. The SMILES string of the molecule is CC(=O)[C@@H](N=Nc1ccc(S(=O)(=O)Nc2ccccn2)cc1)C(=O)Nc1cccc2ccccc12. The Hall–Kier alpha value is -4.44. The molecule has 9 nitrogen and oxygen atoms in total. The molecule has 1 atom stereocenters. The maximum atomic E-state index is 12.8. The normalized spacial score (nSPS) is 12.4. The van der Waals surface area contributed by atoms with Gasteiger partial charge in [-0.05, 0) is 54.8 Å². The Kier molecular flexibility index (Phi) is 6.93. The van der Waals surface area contributed by atoms with Gasteiger partial charge in [0.1, 0.15) is 5.82 Å². The van der Waals surface area contributed by atoms with E-state index >= 15 is 0 Å². The Morgan fingerprint density at radius 2 is 1.60 bits per heavy atom. The number of Topliss-reactive ketones (excluding diaryl/α,β-unsaturated/α-hetero) is 1. The molecule has 0 radical (unpaired) electrons. The van der Waals surface area contributed by atoms with E-state index in [-0.39, 0.29) is 16.4 Å². The number of benzene rings is 3. The van der Waals surface area contributed by atoms with Crippen molar-refractivity contribution in [2.24, 2.45) is 10.2 Å². The van der Waals surface area contributed by atoms with Gasteiger partial charge in [0.15, 0.2) is 5.78 Å². The summed E-state index contributed by atoms with van der Waals surface area (Å²) in [6.07, 6.45) is 1.48. The maximum Gasteiger partial charge on any atom is 0.263 e. The molecule has 0 aliphatic carbocycles. The molecular weight excluding hydrogens is 466 g/mol. The summed E-state index contributed by atoms with van der Waals surface area (Å²) in [4.78, 5) is 28.9. The molecule has 0 bridgehead atoms. The van der Waals surface area contributed by atoms with E-state index in [1.807, 2.05) is 30.3 Å². The Balaban J connectivity index is 1.48. The number of hydrogen-bond donors (Lipinski definition) is 2. The zero-order valence-electron chi connectivity index (χ0n) is 18.6. The second-order valence-corrected chi connectivity index (χ2v) is 9.24. The first-order valence-electron chi connectivity index (χ1n) is 10.6. The second kappa shape index (κ2) is 10.2. The van der Waals surface area contributed by atoms with Gasteiger partial charge in [0.25, 0.3) is 15.9 Å². The minimum atomic E-state index is -3.84. The van der Waals surface area contributed by atoms with Crippen LogP contribution in [-0.2, 0) is 19.6 Å². The number of nitrogens with zero attached hydrogens (tertiary/aromatic N) is 3. The third-order valence-corrected chi connectivity index (χ3v) is 6.39. The van der Waals surface area contributed by atoms with Crippen molar-refractivity contribution in [3.8, 4) is 0 Å². The zero-order chi connectivity index (χ0) is 24.8. The van der Waals surface area contributed by atoms with Gasteiger partial charge in [0, 0.05) is 17.3 Å². The van der Waals surface area contributed by atoms with E-state index in [2.05, 4.69) is 25.3 Å². The molecule has 0 spiro atoms. The third-order valence-electron chi connectivity index (χ3n) is 5.02. The summed E-state index contributed by atoms with van der Waals surface area (Å²) in [6, 6.07) is 22.1. The number of fused-ring (bicyclic) bond motifs is 1. The number of anilines is 2. The topological polar surface area (TPSA) is 130 Å². The van der Waals surface area contributed by atoms with Gasteiger partial charge in [-0.15, -0.1) is 0 Å². The first-order chi connectivity index (χ1) is 16.8. The predicted molar refractivity (Wildman–Crippen MR) is 133 cm³/mol. The van der Waals surface area contributed by atoms with Crippen LogP contribution in [0.25, 0.3) is 10.8 Å². The van der Waals surface area contributed by atoms with Crippen LogP contribution in [0.4, 0.5) is 17.2 Å². The van der Waals surface area contributed by atoms with Crippen molar-refractivity contribution in [3.63, 3.8) is 0 Å². The lowest BCUT2D eigenvalue weighted by molar-refractivity contribution is -0.126. The van der Waals surface area contributed by atoms with Crippen LogP contribution < -0.4 is 10.0 Å². The number of aromatic nitrogens is 1. The van der Waals surface area contributed by atoms with Crippen molar-refractivity contribution < 1.29 is 18.0 Å². The number of nitrogens with one attached hydrogen (secondary N) is 2. The van der Waals surface area contributed by atoms with Gasteiger partial charge in [0.05, 0.1) is 10.6 Å². The fraction of sp³-hybridized carbons (Fsp3) is 0.0800. The highest BCUT2D eigenvalue weighted by molar-refractivity contribution is 7.92. The van der Waals surface area contributed by atoms with E-state index in [1.54, 1.807) is 24.3 Å². The Labute approximate surface area is 202 Å². The van der Waals surface area contributed by atoms with Crippen molar-refractivity contribution in [3.05, 3.63) is 91.1 Å². The highest BCUT2D eigenvalue weighted by atomic mass is 32.2. The standard InChI is InChI=1S/C25H21N5O4S/c1-17(31)24(25(32)27-22-10-6-8-18-7-2-3-9-21(18)22)29-28-19-12-14-20(15-13-19)35(33,34)30-23-11-4-5-16-26-23/h2-16,24H,1H3,(H,26,30)(H,27,32)/t24-/m1/s1. The predicted octanol–water partition coefficient (Wildman–Crippen LogP) is 4.72. The summed E-state index contributed by atoms with van der Waals surface area (Å²) >= 11 is 0. The summed E-state index contributed by atoms with van der Waals surface area (Å²) < 4.78 is 27.4. The van der Waals surface area contributed by atoms with Gasteiger partial charge >= 0.3 is 0 Å². The molecule has 0 unspecified atom stereocenters. The van der Waals surface area contributed by atoms with Crippen LogP contribution >= 0.6 is 0 Å². The summed E-state index contributed by atoms with van der Waals surface area (Å²) in [7, 11) is -3.84. The molecule has 0 saturated heterocycles. The minimum Gasteiger partial charge on any atom is -0.323 e. The van der Waals surface area contributed by atoms with Gasteiger partial charge in [-0.1, -0.05) is 42.5 Å². The molecular formula is C25H21N5O4S. The van der Waals surface area contributed by atoms with Crippen LogP contribution in [0.15, 0.2) is 106 Å². The molecule has 0 saturated carbocycles. The van der Waals surface area contributed by atoms with Crippen LogP contribution in [-0.4, -0.2) is 31.1 Å². The lowest BCUT2D eigenvalue weighted by Crippen LogP contribution is -2.31. The molecule has 4 rings (SSSR count). The second-order valence-electron chi connectivity index (χ2n) is 7.56. The van der Waals surface area contributed by atoms with E-state index in [0.717, 1.165) is 10.8 Å². The molecule has 1 amide bonds. The lowest BCUT2D eigenvalue weighted by Gasteiger charge is -2.11. The molecule has 0 aliphatic heterocycles. The van der Waals surface area contributed by atoms with Gasteiger partial charge < -0.3 is 5.32 Å². The quantitative estimate of drug-likeness (QED) is 0.274. The van der Waals surface area contributed by atoms with E-state index < -0.39 is 27.8 Å². The number of sulfonamides is 1. The smallest absolute Gasteiger partial charge is 0.263 e. The Morgan fingerprint density at radius 3 is 2.31 bits per heavy atom.